The molecule has 0 aliphatic rings. The van der Waals surface area contributed by atoms with Gasteiger partial charge in [0.25, 0.3) is 0 Å². The summed E-state index contributed by atoms with van der Waals surface area (Å²) in [5.74, 6) is 0.768. The molecule has 0 amide bonds. The van der Waals surface area contributed by atoms with Crippen LogP contribution in [0, 0.1) is 11.3 Å². The Morgan fingerprint density at radius 3 is 2.50 bits per heavy atom. The number of hydrogen-bond acceptors (Lipinski definition) is 4. The molecule has 0 spiro atoms. The number of carbonyl (C=O) groups is 1. The summed E-state index contributed by atoms with van der Waals surface area (Å²) in [6.45, 7) is 1.41. The van der Waals surface area contributed by atoms with Crippen LogP contribution in [0.3, 0.4) is 0 Å². The lowest BCUT2D eigenvalue weighted by Crippen LogP contribution is -1.98. The summed E-state index contributed by atoms with van der Waals surface area (Å²) < 4.78 is 5.66. The number of ketones is 1. The van der Waals surface area contributed by atoms with Gasteiger partial charge in [-0.2, -0.15) is 5.26 Å². The van der Waals surface area contributed by atoms with E-state index in [9.17, 15) is 4.79 Å². The van der Waals surface area contributed by atoms with Crippen molar-refractivity contribution in [3.63, 3.8) is 0 Å². The monoisotopic (exact) mass is 267 g/mol. The Balaban J connectivity index is 2.35. The zero-order valence-corrected chi connectivity index (χ0v) is 11.0. The molecule has 0 heterocycles. The lowest BCUT2D eigenvalue weighted by Gasteiger charge is -2.10. The molecule has 0 bridgehead atoms. The van der Waals surface area contributed by atoms with Crippen molar-refractivity contribution in [2.75, 3.05) is 0 Å². The Hall–Kier alpha value is -2.64. The van der Waals surface area contributed by atoms with Crippen LogP contribution >= 0.6 is 0 Å². The largest absolute Gasteiger partial charge is 0.457 e. The maximum atomic E-state index is 11.6. The van der Waals surface area contributed by atoms with Crippen molar-refractivity contribution >= 4 is 5.78 Å². The summed E-state index contributed by atoms with van der Waals surface area (Å²) in [4.78, 5) is 11.6. The van der Waals surface area contributed by atoms with Crippen LogP contribution < -0.4 is 4.74 Å². The van der Waals surface area contributed by atoms with Crippen molar-refractivity contribution in [2.24, 2.45) is 0 Å². The molecule has 100 valence electrons. The SMILES string of the molecule is CC(=O)c1ccc(C#N)cc1Oc1ccc(CO)cc1. The molecule has 0 aliphatic carbocycles. The molecule has 0 unspecified atom stereocenters. The zero-order valence-electron chi connectivity index (χ0n) is 11.0. The van der Waals surface area contributed by atoms with E-state index in [2.05, 4.69) is 0 Å². The van der Waals surface area contributed by atoms with Gasteiger partial charge in [0.2, 0.25) is 0 Å². The number of rotatable bonds is 4. The van der Waals surface area contributed by atoms with E-state index in [1.165, 1.54) is 13.0 Å². The van der Waals surface area contributed by atoms with Crippen LogP contribution in [0.2, 0.25) is 0 Å². The fourth-order valence-corrected chi connectivity index (χ4v) is 1.76. The number of carbonyl (C=O) groups excluding carboxylic acids is 1. The first-order chi connectivity index (χ1) is 9.63. The van der Waals surface area contributed by atoms with Crippen molar-refractivity contribution in [3.05, 3.63) is 59.2 Å². The summed E-state index contributed by atoms with van der Waals surface area (Å²) in [6, 6.07) is 13.6. The van der Waals surface area contributed by atoms with Crippen molar-refractivity contribution in [2.45, 2.75) is 13.5 Å². The van der Waals surface area contributed by atoms with E-state index in [1.807, 2.05) is 6.07 Å². The minimum Gasteiger partial charge on any atom is -0.457 e. The molecule has 4 heteroatoms. The number of nitrogens with zero attached hydrogens (tertiary/aromatic N) is 1. The highest BCUT2D eigenvalue weighted by molar-refractivity contribution is 5.97. The number of hydrogen-bond donors (Lipinski definition) is 1. The van der Waals surface area contributed by atoms with E-state index in [4.69, 9.17) is 15.1 Å². The summed E-state index contributed by atoms with van der Waals surface area (Å²) in [6.07, 6.45) is 0. The summed E-state index contributed by atoms with van der Waals surface area (Å²) in [5, 5.41) is 17.9. The van der Waals surface area contributed by atoms with Crippen molar-refractivity contribution in [3.8, 4) is 17.6 Å². The van der Waals surface area contributed by atoms with Crippen molar-refractivity contribution < 1.29 is 14.6 Å². The van der Waals surface area contributed by atoms with Gasteiger partial charge in [0.15, 0.2) is 5.78 Å². The third-order valence-electron chi connectivity index (χ3n) is 2.82. The first-order valence-electron chi connectivity index (χ1n) is 6.07. The molecule has 0 fully saturated rings. The smallest absolute Gasteiger partial charge is 0.163 e. The van der Waals surface area contributed by atoms with Crippen LogP contribution in [0.15, 0.2) is 42.5 Å². The second kappa shape index (κ2) is 6.00. The lowest BCUT2D eigenvalue weighted by molar-refractivity contribution is 0.101. The van der Waals surface area contributed by atoms with Gasteiger partial charge in [0.05, 0.1) is 23.8 Å². The summed E-state index contributed by atoms with van der Waals surface area (Å²) >= 11 is 0. The van der Waals surface area contributed by atoms with Gasteiger partial charge in [-0.25, -0.2) is 0 Å². The molecule has 0 saturated heterocycles. The van der Waals surface area contributed by atoms with Crippen LogP contribution in [0.5, 0.6) is 11.5 Å². The average Bonchev–Trinajstić information content (AvgIpc) is 2.47. The number of nitriles is 1. The van der Waals surface area contributed by atoms with E-state index in [-0.39, 0.29) is 12.4 Å². The lowest BCUT2D eigenvalue weighted by atomic mass is 10.1. The molecule has 2 aromatic rings. The third kappa shape index (κ3) is 3.02. The molecule has 1 N–H and O–H groups in total. The van der Waals surface area contributed by atoms with E-state index in [0.717, 1.165) is 5.56 Å². The highest BCUT2D eigenvalue weighted by Gasteiger charge is 2.10. The Morgan fingerprint density at radius 2 is 1.95 bits per heavy atom. The van der Waals surface area contributed by atoms with Gasteiger partial charge < -0.3 is 9.84 Å². The predicted octanol–water partition coefficient (Wildman–Crippen LogP) is 3.05. The van der Waals surface area contributed by atoms with Crippen LogP contribution in [0.4, 0.5) is 0 Å². The number of aliphatic hydroxyl groups is 1. The molecule has 2 aromatic carbocycles. The quantitative estimate of drug-likeness (QED) is 0.864. The normalized spacial score (nSPS) is 9.85. The van der Waals surface area contributed by atoms with Gasteiger partial charge in [0.1, 0.15) is 11.5 Å². The summed E-state index contributed by atoms with van der Waals surface area (Å²) in [7, 11) is 0. The van der Waals surface area contributed by atoms with Crippen LogP contribution in [-0.2, 0) is 6.61 Å². The second-order valence-electron chi connectivity index (χ2n) is 4.28. The van der Waals surface area contributed by atoms with Gasteiger partial charge in [-0.1, -0.05) is 12.1 Å². The first-order valence-corrected chi connectivity index (χ1v) is 6.07. The van der Waals surface area contributed by atoms with Gasteiger partial charge in [0, 0.05) is 0 Å². The van der Waals surface area contributed by atoms with Gasteiger partial charge >= 0.3 is 0 Å². The van der Waals surface area contributed by atoms with E-state index < -0.39 is 0 Å². The first kappa shape index (κ1) is 13.8. The Kier molecular flexibility index (Phi) is 4.14. The highest BCUT2D eigenvalue weighted by atomic mass is 16.5. The summed E-state index contributed by atoms with van der Waals surface area (Å²) in [5.41, 5.74) is 1.63. The Bertz CT molecular complexity index is 669. The zero-order chi connectivity index (χ0) is 14.5. The average molecular weight is 267 g/mol. The minimum atomic E-state index is -0.128. The standard InChI is InChI=1S/C16H13NO3/c1-11(19)15-7-4-13(9-17)8-16(15)20-14-5-2-12(10-18)3-6-14/h2-8,18H,10H2,1H3. The van der Waals surface area contributed by atoms with Crippen LogP contribution in [0.1, 0.15) is 28.4 Å². The number of aliphatic hydroxyl groups excluding tert-OH is 1. The van der Waals surface area contributed by atoms with Crippen LogP contribution in [0.25, 0.3) is 0 Å². The number of benzene rings is 2. The molecule has 2 rings (SSSR count). The molecule has 0 aliphatic heterocycles. The minimum absolute atomic E-state index is 0.0388. The number of Topliss-reactive ketones (excluding diaryl/α,β-unsaturated/α-hetero) is 1. The van der Waals surface area contributed by atoms with Crippen molar-refractivity contribution in [1.29, 1.82) is 5.26 Å². The molecule has 0 saturated carbocycles. The fraction of sp³-hybridized carbons (Fsp3) is 0.125. The van der Waals surface area contributed by atoms with Gasteiger partial charge in [-0.05, 0) is 42.8 Å². The molecule has 0 radical (unpaired) electrons. The molecule has 0 atom stereocenters. The molecular weight excluding hydrogens is 254 g/mol. The molecule has 0 aromatic heterocycles. The van der Waals surface area contributed by atoms with Gasteiger partial charge in [-0.3, -0.25) is 4.79 Å². The Labute approximate surface area is 116 Å². The van der Waals surface area contributed by atoms with Crippen molar-refractivity contribution in [1.82, 2.24) is 0 Å². The van der Waals surface area contributed by atoms with E-state index >= 15 is 0 Å². The van der Waals surface area contributed by atoms with E-state index in [0.29, 0.717) is 22.6 Å². The topological polar surface area (TPSA) is 70.3 Å². The van der Waals surface area contributed by atoms with E-state index in [1.54, 1.807) is 36.4 Å². The maximum absolute atomic E-state index is 11.6. The number of ether oxygens (including phenoxy) is 1. The van der Waals surface area contributed by atoms with Gasteiger partial charge in [-0.15, -0.1) is 0 Å². The molecule has 20 heavy (non-hydrogen) atoms. The fourth-order valence-electron chi connectivity index (χ4n) is 1.76. The maximum Gasteiger partial charge on any atom is 0.163 e. The molecule has 4 nitrogen and oxygen atoms in total. The second-order valence-corrected chi connectivity index (χ2v) is 4.28. The third-order valence-corrected chi connectivity index (χ3v) is 2.82. The predicted molar refractivity (Wildman–Crippen MR) is 73.6 cm³/mol. The molecular formula is C16H13NO3. The van der Waals surface area contributed by atoms with Crippen LogP contribution in [-0.4, -0.2) is 10.9 Å². The highest BCUT2D eigenvalue weighted by Crippen LogP contribution is 2.27. The Morgan fingerprint density at radius 1 is 1.25 bits per heavy atom.